The lowest BCUT2D eigenvalue weighted by molar-refractivity contribution is -0.133. The largest absolute Gasteiger partial charge is 0.451 e. The second-order valence-electron chi connectivity index (χ2n) is 7.76. The maximum absolute atomic E-state index is 12.3. The Hall–Kier alpha value is -0.770. The number of ether oxygens (including phenoxy) is 1. The molecule has 1 aliphatic heterocycles. The van der Waals surface area contributed by atoms with Crippen molar-refractivity contribution < 1.29 is 9.53 Å². The number of halogens is 1. The van der Waals surface area contributed by atoms with Crippen molar-refractivity contribution in [3.05, 3.63) is 0 Å². The first-order valence-corrected chi connectivity index (χ1v) is 8.57. The van der Waals surface area contributed by atoms with E-state index in [1.165, 1.54) is 19.3 Å². The van der Waals surface area contributed by atoms with E-state index >= 15 is 0 Å². The molecule has 4 nitrogen and oxygen atoms in total. The van der Waals surface area contributed by atoms with Crippen molar-refractivity contribution in [2.24, 2.45) is 28.7 Å². The minimum absolute atomic E-state index is 0.134. The van der Waals surface area contributed by atoms with Gasteiger partial charge >= 0.3 is 0 Å². The summed E-state index contributed by atoms with van der Waals surface area (Å²) in [5.74, 6) is 2.06. The summed E-state index contributed by atoms with van der Waals surface area (Å²) < 4.78 is 5.88. The highest BCUT2D eigenvalue weighted by atomic mass is 35.5. The zero-order chi connectivity index (χ0) is 14.8. The van der Waals surface area contributed by atoms with E-state index in [9.17, 15) is 4.79 Å². The Kier molecular flexibility index (Phi) is 3.04. The smallest absolute Gasteiger partial charge is 0.293 e. The van der Waals surface area contributed by atoms with E-state index in [-0.39, 0.29) is 22.7 Å². The van der Waals surface area contributed by atoms with Gasteiger partial charge in [0.1, 0.15) is 0 Å². The van der Waals surface area contributed by atoms with E-state index in [0.717, 1.165) is 24.7 Å². The van der Waals surface area contributed by atoms with E-state index in [1.807, 2.05) is 13.8 Å². The molecule has 0 aromatic carbocycles. The third kappa shape index (κ3) is 2.18. The van der Waals surface area contributed by atoms with Gasteiger partial charge in [0.25, 0.3) is 11.9 Å². The normalized spacial score (nSPS) is 47.7. The van der Waals surface area contributed by atoms with E-state index in [1.54, 1.807) is 0 Å². The van der Waals surface area contributed by atoms with Crippen molar-refractivity contribution in [2.45, 2.75) is 63.0 Å². The van der Waals surface area contributed by atoms with Gasteiger partial charge in [-0.3, -0.25) is 4.79 Å². The SMILES string of the molecule is CC(C)NC1=NC(=O)C(C2C3CC4CC(C3)CC2(Cl)C4)O1. The molecule has 1 amide bonds. The van der Waals surface area contributed by atoms with Gasteiger partial charge in [-0.1, -0.05) is 0 Å². The fourth-order valence-electron chi connectivity index (χ4n) is 5.40. The number of rotatable bonds is 2. The molecular formula is C16H23ClN2O2. The number of carbonyl (C=O) groups is 1. The van der Waals surface area contributed by atoms with E-state index in [4.69, 9.17) is 16.3 Å². The molecular weight excluding hydrogens is 288 g/mol. The van der Waals surface area contributed by atoms with Gasteiger partial charge in [-0.2, -0.15) is 4.99 Å². The highest BCUT2D eigenvalue weighted by Gasteiger charge is 2.61. The molecule has 116 valence electrons. The van der Waals surface area contributed by atoms with Gasteiger partial charge in [0.05, 0.1) is 4.87 Å². The highest BCUT2D eigenvalue weighted by molar-refractivity contribution is 6.24. The van der Waals surface area contributed by atoms with Crippen molar-refractivity contribution in [3.8, 4) is 0 Å². The summed E-state index contributed by atoms with van der Waals surface area (Å²) in [5.41, 5.74) is 0. The number of nitrogens with one attached hydrogen (secondary N) is 1. The second kappa shape index (κ2) is 4.61. The Morgan fingerprint density at radius 3 is 2.52 bits per heavy atom. The zero-order valence-electron chi connectivity index (χ0n) is 12.6. The molecule has 1 N–H and O–H groups in total. The molecule has 0 radical (unpaired) electrons. The fraction of sp³-hybridized carbons (Fsp3) is 0.875. The standard InChI is InChI=1S/C16H23ClN2O2/c1-8(2)18-15-19-14(20)13(21-15)12-11-4-9-3-10(5-11)7-16(12,17)6-9/h8-13H,3-7H2,1-2H3,(H,18,19,20). The number of hydrogen-bond donors (Lipinski definition) is 1. The molecule has 0 saturated heterocycles. The Bertz CT molecular complexity index is 491. The number of hydrogen-bond acceptors (Lipinski definition) is 3. The molecule has 0 aromatic rings. The first-order valence-electron chi connectivity index (χ1n) is 8.19. The van der Waals surface area contributed by atoms with Crippen molar-refractivity contribution in [2.75, 3.05) is 0 Å². The molecule has 4 bridgehead atoms. The Morgan fingerprint density at radius 2 is 1.95 bits per heavy atom. The maximum Gasteiger partial charge on any atom is 0.293 e. The van der Waals surface area contributed by atoms with Crippen molar-refractivity contribution in [3.63, 3.8) is 0 Å². The number of amidine groups is 1. The molecule has 4 unspecified atom stereocenters. The second-order valence-corrected chi connectivity index (χ2v) is 8.51. The molecule has 5 rings (SSSR count). The average Bonchev–Trinajstić information content (AvgIpc) is 2.66. The summed E-state index contributed by atoms with van der Waals surface area (Å²) in [6.45, 7) is 4.02. The summed E-state index contributed by atoms with van der Waals surface area (Å²) in [7, 11) is 0. The topological polar surface area (TPSA) is 50.7 Å². The molecule has 1 heterocycles. The Balaban J connectivity index is 1.56. The van der Waals surface area contributed by atoms with Crippen LogP contribution in [0.3, 0.4) is 0 Å². The predicted octanol–water partition coefficient (Wildman–Crippen LogP) is 2.70. The number of carbonyl (C=O) groups excluding carboxylic acids is 1. The molecule has 5 aliphatic rings. The number of amides is 1. The lowest BCUT2D eigenvalue weighted by atomic mass is 9.50. The van der Waals surface area contributed by atoms with Gasteiger partial charge in [-0.05, 0) is 63.7 Å². The zero-order valence-corrected chi connectivity index (χ0v) is 13.4. The van der Waals surface area contributed by atoms with Crippen LogP contribution in [0.4, 0.5) is 0 Å². The molecule has 4 aliphatic carbocycles. The van der Waals surface area contributed by atoms with Crippen LogP contribution in [0.25, 0.3) is 0 Å². The average molecular weight is 311 g/mol. The van der Waals surface area contributed by atoms with Crippen molar-refractivity contribution >= 4 is 23.5 Å². The number of nitrogens with zero attached hydrogens (tertiary/aromatic N) is 1. The van der Waals surface area contributed by atoms with Crippen LogP contribution in [-0.2, 0) is 9.53 Å². The van der Waals surface area contributed by atoms with E-state index in [2.05, 4.69) is 10.3 Å². The summed E-state index contributed by atoms with van der Waals surface area (Å²) in [6, 6.07) is 0.591. The summed E-state index contributed by atoms with van der Waals surface area (Å²) in [4.78, 5) is 16.1. The fourth-order valence-corrected chi connectivity index (χ4v) is 6.13. The summed E-state index contributed by atoms with van der Waals surface area (Å²) >= 11 is 6.99. The third-order valence-corrected chi connectivity index (χ3v) is 6.29. The predicted molar refractivity (Wildman–Crippen MR) is 81.2 cm³/mol. The third-order valence-electron chi connectivity index (χ3n) is 5.73. The number of aliphatic imine (C=N–C) groups is 1. The van der Waals surface area contributed by atoms with Gasteiger partial charge < -0.3 is 10.1 Å². The lowest BCUT2D eigenvalue weighted by Crippen LogP contribution is -2.59. The van der Waals surface area contributed by atoms with E-state index < -0.39 is 6.10 Å². The minimum atomic E-state index is -0.464. The first-order chi connectivity index (χ1) is 9.94. The van der Waals surface area contributed by atoms with Crippen LogP contribution in [0.5, 0.6) is 0 Å². The molecule has 4 fully saturated rings. The van der Waals surface area contributed by atoms with Crippen molar-refractivity contribution in [1.82, 2.24) is 5.32 Å². The van der Waals surface area contributed by atoms with Crippen LogP contribution < -0.4 is 5.32 Å². The molecule has 4 atom stereocenters. The van der Waals surface area contributed by atoms with Crippen molar-refractivity contribution in [1.29, 1.82) is 0 Å². The maximum atomic E-state index is 12.3. The minimum Gasteiger partial charge on any atom is -0.451 e. The van der Waals surface area contributed by atoms with Crippen LogP contribution in [0.2, 0.25) is 0 Å². The number of alkyl halides is 1. The van der Waals surface area contributed by atoms with Gasteiger partial charge in [-0.15, -0.1) is 11.6 Å². The van der Waals surface area contributed by atoms with Gasteiger partial charge in [0.15, 0.2) is 6.10 Å². The van der Waals surface area contributed by atoms with Crippen LogP contribution in [0.15, 0.2) is 4.99 Å². The molecule has 21 heavy (non-hydrogen) atoms. The van der Waals surface area contributed by atoms with Gasteiger partial charge in [0.2, 0.25) is 0 Å². The van der Waals surface area contributed by atoms with Crippen LogP contribution in [0, 0.1) is 23.7 Å². The van der Waals surface area contributed by atoms with Crippen LogP contribution in [0.1, 0.15) is 46.0 Å². The van der Waals surface area contributed by atoms with Crippen LogP contribution in [-0.4, -0.2) is 28.9 Å². The lowest BCUT2D eigenvalue weighted by Gasteiger charge is -2.59. The Labute approximate surface area is 130 Å². The van der Waals surface area contributed by atoms with Gasteiger partial charge in [-0.25, -0.2) is 0 Å². The highest BCUT2D eigenvalue weighted by Crippen LogP contribution is 2.62. The summed E-state index contributed by atoms with van der Waals surface area (Å²) in [6.07, 6.45) is 5.41. The molecule has 5 heteroatoms. The monoisotopic (exact) mass is 310 g/mol. The summed E-state index contributed by atoms with van der Waals surface area (Å²) in [5, 5.41) is 3.10. The first kappa shape index (κ1) is 13.9. The van der Waals surface area contributed by atoms with Gasteiger partial charge in [0, 0.05) is 12.0 Å². The molecule has 0 spiro atoms. The van der Waals surface area contributed by atoms with E-state index in [0.29, 0.717) is 11.9 Å². The molecule has 0 aromatic heterocycles. The Morgan fingerprint density at radius 1 is 1.29 bits per heavy atom. The quantitative estimate of drug-likeness (QED) is 0.798. The molecule has 4 saturated carbocycles. The van der Waals surface area contributed by atoms with Crippen LogP contribution >= 0.6 is 11.6 Å².